The quantitative estimate of drug-likeness (QED) is 0.512. The largest absolute Gasteiger partial charge is 0.331 e. The lowest BCUT2D eigenvalue weighted by atomic mass is 10.2. The van der Waals surface area contributed by atoms with Crippen molar-refractivity contribution in [3.05, 3.63) is 52.2 Å². The van der Waals surface area contributed by atoms with Crippen LogP contribution in [0.25, 0.3) is 0 Å². The molecule has 3 nitrogen and oxygen atoms in total. The molecule has 0 bridgehead atoms. The molecule has 2 rings (SSSR count). The zero-order valence-electron chi connectivity index (χ0n) is 9.88. The van der Waals surface area contributed by atoms with E-state index in [4.69, 9.17) is 12.2 Å². The standard InChI is InChI=1S/C13H13N3S2/c1-10-2-4-12(5-3-10)15-13(17)16-14-8-11-6-7-18-9-11/h2-9H,1H3,(H2,15,16,17). The predicted molar refractivity (Wildman–Crippen MR) is 82.4 cm³/mol. The van der Waals surface area contributed by atoms with Crippen LogP contribution >= 0.6 is 23.6 Å². The molecule has 0 amide bonds. The molecule has 0 aliphatic carbocycles. The average Bonchev–Trinajstić information content (AvgIpc) is 2.85. The molecule has 0 saturated heterocycles. The Balaban J connectivity index is 1.84. The van der Waals surface area contributed by atoms with E-state index < -0.39 is 0 Å². The van der Waals surface area contributed by atoms with Crippen LogP contribution in [-0.2, 0) is 0 Å². The molecule has 5 heteroatoms. The molecule has 0 fully saturated rings. The van der Waals surface area contributed by atoms with E-state index in [1.165, 1.54) is 5.56 Å². The van der Waals surface area contributed by atoms with Crippen LogP contribution in [0.5, 0.6) is 0 Å². The van der Waals surface area contributed by atoms with Crippen molar-refractivity contribution in [3.63, 3.8) is 0 Å². The number of nitrogens with one attached hydrogen (secondary N) is 2. The van der Waals surface area contributed by atoms with Crippen molar-refractivity contribution >= 4 is 40.6 Å². The highest BCUT2D eigenvalue weighted by atomic mass is 32.1. The zero-order chi connectivity index (χ0) is 12.8. The van der Waals surface area contributed by atoms with Gasteiger partial charge < -0.3 is 5.32 Å². The van der Waals surface area contributed by atoms with Gasteiger partial charge in [0.25, 0.3) is 0 Å². The SMILES string of the molecule is Cc1ccc(NC(=S)NN=Cc2ccsc2)cc1. The molecule has 0 unspecified atom stereocenters. The number of hydrogen-bond acceptors (Lipinski definition) is 3. The Bertz CT molecular complexity index is 530. The Morgan fingerprint density at radius 3 is 2.72 bits per heavy atom. The lowest BCUT2D eigenvalue weighted by molar-refractivity contribution is 1.05. The summed E-state index contributed by atoms with van der Waals surface area (Å²) in [4.78, 5) is 0. The molecule has 92 valence electrons. The van der Waals surface area contributed by atoms with Crippen LogP contribution in [0, 0.1) is 6.92 Å². The minimum atomic E-state index is 0.477. The van der Waals surface area contributed by atoms with Crippen LogP contribution in [0.15, 0.2) is 46.2 Å². The number of rotatable bonds is 3. The van der Waals surface area contributed by atoms with Crippen LogP contribution in [0.2, 0.25) is 0 Å². The highest BCUT2D eigenvalue weighted by Gasteiger charge is 1.95. The van der Waals surface area contributed by atoms with Gasteiger partial charge in [-0.3, -0.25) is 5.43 Å². The van der Waals surface area contributed by atoms with E-state index >= 15 is 0 Å². The van der Waals surface area contributed by atoms with E-state index in [0.717, 1.165) is 11.3 Å². The van der Waals surface area contributed by atoms with Gasteiger partial charge in [-0.2, -0.15) is 16.4 Å². The van der Waals surface area contributed by atoms with Crippen molar-refractivity contribution in [1.82, 2.24) is 5.43 Å². The first kappa shape index (κ1) is 12.7. The van der Waals surface area contributed by atoms with Gasteiger partial charge in [0.15, 0.2) is 5.11 Å². The Kier molecular flexibility index (Phi) is 4.44. The minimum absolute atomic E-state index is 0.477. The van der Waals surface area contributed by atoms with E-state index in [2.05, 4.69) is 15.8 Å². The summed E-state index contributed by atoms with van der Waals surface area (Å²) >= 11 is 6.77. The lowest BCUT2D eigenvalue weighted by Gasteiger charge is -2.06. The summed E-state index contributed by atoms with van der Waals surface area (Å²) < 4.78 is 0. The van der Waals surface area contributed by atoms with Crippen molar-refractivity contribution in [2.24, 2.45) is 5.10 Å². The molecule has 2 aromatic rings. The Hall–Kier alpha value is -1.72. The molecule has 0 aliphatic rings. The monoisotopic (exact) mass is 275 g/mol. The third-order valence-electron chi connectivity index (χ3n) is 2.23. The van der Waals surface area contributed by atoms with E-state index in [-0.39, 0.29) is 0 Å². The maximum atomic E-state index is 5.13. The van der Waals surface area contributed by atoms with Crippen LogP contribution in [-0.4, -0.2) is 11.3 Å². The summed E-state index contributed by atoms with van der Waals surface area (Å²) in [5.74, 6) is 0. The molecule has 1 aromatic carbocycles. The van der Waals surface area contributed by atoms with Gasteiger partial charge >= 0.3 is 0 Å². The first-order chi connectivity index (χ1) is 8.74. The third kappa shape index (κ3) is 3.94. The fraction of sp³-hybridized carbons (Fsp3) is 0.0769. The van der Waals surface area contributed by atoms with Gasteiger partial charge in [-0.25, -0.2) is 0 Å². The number of benzene rings is 1. The summed E-state index contributed by atoms with van der Waals surface area (Å²) in [6.45, 7) is 2.05. The number of thiocarbonyl (C=S) groups is 1. The van der Waals surface area contributed by atoms with Gasteiger partial charge in [-0.1, -0.05) is 17.7 Å². The number of aryl methyl sites for hydroxylation is 1. The maximum absolute atomic E-state index is 5.13. The van der Waals surface area contributed by atoms with Gasteiger partial charge in [0, 0.05) is 11.3 Å². The molecular formula is C13H13N3S2. The van der Waals surface area contributed by atoms with Gasteiger partial charge in [-0.05, 0) is 48.1 Å². The van der Waals surface area contributed by atoms with Gasteiger partial charge in [-0.15, -0.1) is 0 Å². The summed E-state index contributed by atoms with van der Waals surface area (Å²) in [6, 6.07) is 10.0. The topological polar surface area (TPSA) is 36.4 Å². The fourth-order valence-electron chi connectivity index (χ4n) is 1.31. The number of nitrogens with zero attached hydrogens (tertiary/aromatic N) is 1. The molecule has 1 heterocycles. The molecule has 1 aromatic heterocycles. The highest BCUT2D eigenvalue weighted by Crippen LogP contribution is 2.08. The lowest BCUT2D eigenvalue weighted by Crippen LogP contribution is -2.23. The van der Waals surface area contributed by atoms with Crippen LogP contribution in [0.3, 0.4) is 0 Å². The summed E-state index contributed by atoms with van der Waals surface area (Å²) in [5, 5.41) is 11.6. The number of hydrazone groups is 1. The number of hydrogen-bond donors (Lipinski definition) is 2. The van der Waals surface area contributed by atoms with Gasteiger partial charge in [0.2, 0.25) is 0 Å². The Morgan fingerprint density at radius 2 is 2.06 bits per heavy atom. The highest BCUT2D eigenvalue weighted by molar-refractivity contribution is 7.80. The summed E-state index contributed by atoms with van der Waals surface area (Å²) in [7, 11) is 0. The van der Waals surface area contributed by atoms with Gasteiger partial charge in [0.1, 0.15) is 0 Å². The van der Waals surface area contributed by atoms with Crippen molar-refractivity contribution < 1.29 is 0 Å². The molecule has 18 heavy (non-hydrogen) atoms. The van der Waals surface area contributed by atoms with Gasteiger partial charge in [0.05, 0.1) is 6.21 Å². The molecule has 0 atom stereocenters. The third-order valence-corrected chi connectivity index (χ3v) is 3.13. The van der Waals surface area contributed by atoms with Crippen molar-refractivity contribution in [1.29, 1.82) is 0 Å². The van der Waals surface area contributed by atoms with E-state index in [1.54, 1.807) is 17.6 Å². The first-order valence-electron chi connectivity index (χ1n) is 5.43. The van der Waals surface area contributed by atoms with Crippen LogP contribution < -0.4 is 10.7 Å². The molecule has 2 N–H and O–H groups in total. The second-order valence-corrected chi connectivity index (χ2v) is 4.94. The van der Waals surface area contributed by atoms with Crippen molar-refractivity contribution in [2.75, 3.05) is 5.32 Å². The second-order valence-electron chi connectivity index (χ2n) is 3.75. The molecular weight excluding hydrogens is 262 g/mol. The fourth-order valence-corrected chi connectivity index (χ4v) is 2.09. The maximum Gasteiger partial charge on any atom is 0.191 e. The zero-order valence-corrected chi connectivity index (χ0v) is 11.5. The van der Waals surface area contributed by atoms with E-state index in [1.807, 2.05) is 48.0 Å². The second kappa shape index (κ2) is 6.28. The number of thiophene rings is 1. The first-order valence-corrected chi connectivity index (χ1v) is 6.78. The molecule has 0 radical (unpaired) electrons. The normalized spacial score (nSPS) is 10.5. The van der Waals surface area contributed by atoms with Crippen molar-refractivity contribution in [2.45, 2.75) is 6.92 Å². The number of anilines is 1. The summed E-state index contributed by atoms with van der Waals surface area (Å²) in [6.07, 6.45) is 1.74. The van der Waals surface area contributed by atoms with Crippen molar-refractivity contribution in [3.8, 4) is 0 Å². The predicted octanol–water partition coefficient (Wildman–Crippen LogP) is 3.38. The Labute approximate surface area is 116 Å². The summed E-state index contributed by atoms with van der Waals surface area (Å²) in [5.41, 5.74) is 6.00. The average molecular weight is 275 g/mol. The minimum Gasteiger partial charge on any atom is -0.331 e. The molecule has 0 spiro atoms. The smallest absolute Gasteiger partial charge is 0.191 e. The molecule has 0 saturated carbocycles. The van der Waals surface area contributed by atoms with Crippen LogP contribution in [0.4, 0.5) is 5.69 Å². The van der Waals surface area contributed by atoms with E-state index in [0.29, 0.717) is 5.11 Å². The molecule has 0 aliphatic heterocycles. The van der Waals surface area contributed by atoms with Crippen LogP contribution in [0.1, 0.15) is 11.1 Å². The van der Waals surface area contributed by atoms with E-state index in [9.17, 15) is 0 Å². The Morgan fingerprint density at radius 1 is 1.28 bits per heavy atom.